The molecule has 1 aliphatic rings. The van der Waals surface area contributed by atoms with Crippen LogP contribution in [0.3, 0.4) is 0 Å². The van der Waals surface area contributed by atoms with Crippen LogP contribution in [0.2, 0.25) is 0 Å². The molecule has 1 saturated heterocycles. The number of benzene rings is 2. The summed E-state index contributed by atoms with van der Waals surface area (Å²) in [5.41, 5.74) is 1.77. The summed E-state index contributed by atoms with van der Waals surface area (Å²) in [5.74, 6) is -0.133. The van der Waals surface area contributed by atoms with E-state index in [1.54, 1.807) is 53.4 Å². The second-order valence-corrected chi connectivity index (χ2v) is 7.98. The zero-order valence-corrected chi connectivity index (χ0v) is 14.7. The van der Waals surface area contributed by atoms with Gasteiger partial charge in [-0.25, -0.2) is 13.4 Å². The summed E-state index contributed by atoms with van der Waals surface area (Å²) in [7, 11) is -3.52. The van der Waals surface area contributed by atoms with Crippen LogP contribution in [-0.2, 0) is 10.0 Å². The third-order valence-electron chi connectivity index (χ3n) is 4.48. The first-order valence-corrected chi connectivity index (χ1v) is 9.67. The number of nitrogens with zero attached hydrogens (tertiary/aromatic N) is 3. The maximum atomic E-state index is 12.7. The minimum Gasteiger partial charge on any atom is -0.443 e. The van der Waals surface area contributed by atoms with E-state index in [2.05, 4.69) is 4.98 Å². The Hall–Kier alpha value is -2.71. The quantitative estimate of drug-likeness (QED) is 0.703. The molecule has 0 atom stereocenters. The highest BCUT2D eigenvalue weighted by Gasteiger charge is 2.30. The van der Waals surface area contributed by atoms with E-state index < -0.39 is 10.0 Å². The number of aromatic nitrogens is 1. The van der Waals surface area contributed by atoms with Gasteiger partial charge in [0, 0.05) is 31.7 Å². The zero-order chi connectivity index (χ0) is 18.1. The molecular weight excluding hydrogens is 354 g/mol. The number of amides is 1. The first kappa shape index (κ1) is 16.7. The molecule has 8 heteroatoms. The number of carbonyl (C=O) groups excluding carboxylic acids is 1. The van der Waals surface area contributed by atoms with Crippen LogP contribution in [0.15, 0.2) is 64.2 Å². The summed E-state index contributed by atoms with van der Waals surface area (Å²) in [6.45, 7) is 1.24. The lowest BCUT2D eigenvalue weighted by Gasteiger charge is -2.34. The smallest absolute Gasteiger partial charge is 0.254 e. The predicted molar refractivity (Wildman–Crippen MR) is 95.1 cm³/mol. The first-order valence-electron chi connectivity index (χ1n) is 8.23. The van der Waals surface area contributed by atoms with Crippen molar-refractivity contribution < 1.29 is 17.6 Å². The maximum Gasteiger partial charge on any atom is 0.254 e. The van der Waals surface area contributed by atoms with Gasteiger partial charge in [-0.3, -0.25) is 4.79 Å². The Balaban J connectivity index is 1.47. The topological polar surface area (TPSA) is 83.7 Å². The van der Waals surface area contributed by atoms with Gasteiger partial charge in [0.25, 0.3) is 5.91 Å². The van der Waals surface area contributed by atoms with E-state index in [-0.39, 0.29) is 23.9 Å². The van der Waals surface area contributed by atoms with E-state index in [9.17, 15) is 13.2 Å². The molecule has 0 unspecified atom stereocenters. The molecule has 2 heterocycles. The van der Waals surface area contributed by atoms with Gasteiger partial charge in [-0.2, -0.15) is 4.31 Å². The average molecular weight is 371 g/mol. The molecule has 0 spiro atoms. The molecule has 26 heavy (non-hydrogen) atoms. The normalized spacial score (nSPS) is 16.1. The molecule has 0 saturated carbocycles. The standard InChI is InChI=1S/C18H17N3O4S/c22-18(14-6-7-17-16(12-14)19-13-25-17)20-8-10-21(11-9-20)26(23,24)15-4-2-1-3-5-15/h1-7,12-13H,8-11H2. The lowest BCUT2D eigenvalue weighted by molar-refractivity contribution is 0.0698. The van der Waals surface area contributed by atoms with Crippen molar-refractivity contribution in [2.45, 2.75) is 4.90 Å². The summed E-state index contributed by atoms with van der Waals surface area (Å²) in [5, 5.41) is 0. The van der Waals surface area contributed by atoms with Gasteiger partial charge in [-0.05, 0) is 30.3 Å². The zero-order valence-electron chi connectivity index (χ0n) is 13.9. The van der Waals surface area contributed by atoms with Crippen molar-refractivity contribution >= 4 is 27.0 Å². The van der Waals surface area contributed by atoms with E-state index in [1.807, 2.05) is 0 Å². The molecule has 0 N–H and O–H groups in total. The molecular formula is C18H17N3O4S. The summed E-state index contributed by atoms with van der Waals surface area (Å²) in [4.78, 5) is 18.7. The Bertz CT molecular complexity index is 1040. The summed E-state index contributed by atoms with van der Waals surface area (Å²) in [6.07, 6.45) is 1.34. The van der Waals surface area contributed by atoms with Crippen LogP contribution in [0.5, 0.6) is 0 Å². The molecule has 0 radical (unpaired) electrons. The average Bonchev–Trinajstić information content (AvgIpc) is 3.16. The first-order chi connectivity index (χ1) is 12.6. The molecule has 1 amide bonds. The van der Waals surface area contributed by atoms with Crippen LogP contribution in [-0.4, -0.2) is 54.7 Å². The molecule has 0 aliphatic carbocycles. The fourth-order valence-corrected chi connectivity index (χ4v) is 4.49. The number of oxazole rings is 1. The third-order valence-corrected chi connectivity index (χ3v) is 6.40. The van der Waals surface area contributed by atoms with Crippen LogP contribution < -0.4 is 0 Å². The van der Waals surface area contributed by atoms with Gasteiger partial charge in [-0.1, -0.05) is 18.2 Å². The van der Waals surface area contributed by atoms with Crippen LogP contribution in [0.4, 0.5) is 0 Å². The third kappa shape index (κ3) is 2.97. The van der Waals surface area contributed by atoms with E-state index in [4.69, 9.17) is 4.42 Å². The molecule has 1 fully saturated rings. The van der Waals surface area contributed by atoms with Gasteiger partial charge in [0.15, 0.2) is 12.0 Å². The number of sulfonamides is 1. The van der Waals surface area contributed by atoms with Crippen molar-refractivity contribution in [3.8, 4) is 0 Å². The number of rotatable bonds is 3. The lowest BCUT2D eigenvalue weighted by Crippen LogP contribution is -2.50. The van der Waals surface area contributed by atoms with Crippen molar-refractivity contribution in [3.05, 3.63) is 60.5 Å². The maximum absolute atomic E-state index is 12.7. The Morgan fingerprint density at radius 1 is 1.00 bits per heavy atom. The lowest BCUT2D eigenvalue weighted by atomic mass is 10.1. The van der Waals surface area contributed by atoms with E-state index >= 15 is 0 Å². The summed E-state index contributed by atoms with van der Waals surface area (Å²) < 4.78 is 31.9. The fraction of sp³-hybridized carbons (Fsp3) is 0.222. The van der Waals surface area contributed by atoms with Gasteiger partial charge >= 0.3 is 0 Å². The highest BCUT2D eigenvalue weighted by atomic mass is 32.2. The SMILES string of the molecule is O=C(c1ccc2ocnc2c1)N1CCN(S(=O)(=O)c2ccccc2)CC1. The molecule has 4 rings (SSSR count). The van der Waals surface area contributed by atoms with Crippen LogP contribution in [0.1, 0.15) is 10.4 Å². The van der Waals surface area contributed by atoms with Gasteiger partial charge in [0.05, 0.1) is 4.90 Å². The van der Waals surface area contributed by atoms with Crippen LogP contribution in [0, 0.1) is 0 Å². The number of carbonyl (C=O) groups is 1. The number of piperazine rings is 1. The second-order valence-electron chi connectivity index (χ2n) is 6.04. The predicted octanol–water partition coefficient (Wildman–Crippen LogP) is 1.97. The highest BCUT2D eigenvalue weighted by Crippen LogP contribution is 2.19. The van der Waals surface area contributed by atoms with Crippen molar-refractivity contribution in [2.75, 3.05) is 26.2 Å². The Kier molecular flexibility index (Phi) is 4.21. The number of hydrogen-bond donors (Lipinski definition) is 0. The van der Waals surface area contributed by atoms with Gasteiger partial charge < -0.3 is 9.32 Å². The number of fused-ring (bicyclic) bond motifs is 1. The Labute approximate surface area is 150 Å². The Morgan fingerprint density at radius 2 is 1.73 bits per heavy atom. The van der Waals surface area contributed by atoms with Gasteiger partial charge in [0.2, 0.25) is 10.0 Å². The largest absolute Gasteiger partial charge is 0.443 e. The van der Waals surface area contributed by atoms with E-state index in [1.165, 1.54) is 10.7 Å². The monoisotopic (exact) mass is 371 g/mol. The molecule has 3 aromatic rings. The molecule has 134 valence electrons. The second kappa shape index (κ2) is 6.54. The van der Waals surface area contributed by atoms with Gasteiger partial charge in [0.1, 0.15) is 5.52 Å². The van der Waals surface area contributed by atoms with Crippen molar-refractivity contribution in [1.82, 2.24) is 14.2 Å². The highest BCUT2D eigenvalue weighted by molar-refractivity contribution is 7.89. The van der Waals surface area contributed by atoms with E-state index in [0.717, 1.165) is 0 Å². The van der Waals surface area contributed by atoms with Crippen LogP contribution in [0.25, 0.3) is 11.1 Å². The van der Waals surface area contributed by atoms with Gasteiger partial charge in [-0.15, -0.1) is 0 Å². The van der Waals surface area contributed by atoms with Crippen molar-refractivity contribution in [3.63, 3.8) is 0 Å². The molecule has 0 bridgehead atoms. The molecule has 7 nitrogen and oxygen atoms in total. The van der Waals surface area contributed by atoms with Crippen molar-refractivity contribution in [2.24, 2.45) is 0 Å². The molecule has 2 aromatic carbocycles. The molecule has 1 aliphatic heterocycles. The van der Waals surface area contributed by atoms with Crippen molar-refractivity contribution in [1.29, 1.82) is 0 Å². The van der Waals surface area contributed by atoms with E-state index in [0.29, 0.717) is 29.8 Å². The summed E-state index contributed by atoms with van der Waals surface area (Å²) in [6, 6.07) is 13.4. The Morgan fingerprint density at radius 3 is 2.46 bits per heavy atom. The fourth-order valence-electron chi connectivity index (χ4n) is 3.05. The minimum atomic E-state index is -3.52. The van der Waals surface area contributed by atoms with Crippen LogP contribution >= 0.6 is 0 Å². The minimum absolute atomic E-state index is 0.133. The summed E-state index contributed by atoms with van der Waals surface area (Å²) >= 11 is 0. The number of hydrogen-bond acceptors (Lipinski definition) is 5. The molecule has 1 aromatic heterocycles.